The molecule has 4 heteroatoms. The van der Waals surface area contributed by atoms with Gasteiger partial charge in [0.05, 0.1) is 18.7 Å². The van der Waals surface area contributed by atoms with Crippen LogP contribution in [0.1, 0.15) is 29.4 Å². The molecule has 0 radical (unpaired) electrons. The Balaban J connectivity index is 1.39. The average molecular weight is 358 g/mol. The molecular weight excluding hydrogens is 336 g/mol. The van der Waals surface area contributed by atoms with Crippen molar-refractivity contribution in [1.82, 2.24) is 10.6 Å². The van der Waals surface area contributed by atoms with Crippen LogP contribution in [0.2, 0.25) is 0 Å². The molecule has 4 unspecified atom stereocenters. The van der Waals surface area contributed by atoms with E-state index < -0.39 is 0 Å². The van der Waals surface area contributed by atoms with Gasteiger partial charge in [-0.3, -0.25) is 0 Å². The summed E-state index contributed by atoms with van der Waals surface area (Å²) in [5.41, 5.74) is 4.65. The minimum absolute atomic E-state index is 0.385. The summed E-state index contributed by atoms with van der Waals surface area (Å²) in [5, 5.41) is 9.81. The van der Waals surface area contributed by atoms with Crippen LogP contribution in [-0.2, 0) is 0 Å². The van der Waals surface area contributed by atoms with E-state index >= 15 is 0 Å². The Kier molecular flexibility index (Phi) is 3.43. The molecular formula is C23H22N2O2. The highest BCUT2D eigenvalue weighted by atomic mass is 16.3. The SMILES string of the molecule is c1ccc2c(c1)oc1c(C3CNC4NCC(c5ccoc5)C4C3)cccc12. The molecule has 136 valence electrons. The lowest BCUT2D eigenvalue weighted by atomic mass is 9.77. The fourth-order valence-corrected chi connectivity index (χ4v) is 5.17. The van der Waals surface area contributed by atoms with E-state index in [1.807, 2.05) is 12.3 Å². The Labute approximate surface area is 157 Å². The van der Waals surface area contributed by atoms with Gasteiger partial charge >= 0.3 is 0 Å². The molecule has 0 saturated carbocycles. The van der Waals surface area contributed by atoms with Crippen LogP contribution in [-0.4, -0.2) is 19.3 Å². The van der Waals surface area contributed by atoms with E-state index in [4.69, 9.17) is 8.83 Å². The van der Waals surface area contributed by atoms with Crippen molar-refractivity contribution in [3.8, 4) is 0 Å². The third kappa shape index (κ3) is 2.37. The van der Waals surface area contributed by atoms with Gasteiger partial charge in [0.2, 0.25) is 0 Å². The minimum Gasteiger partial charge on any atom is -0.472 e. The maximum atomic E-state index is 6.29. The van der Waals surface area contributed by atoms with E-state index in [1.54, 1.807) is 6.26 Å². The van der Waals surface area contributed by atoms with Crippen LogP contribution in [0.5, 0.6) is 0 Å². The van der Waals surface area contributed by atoms with Crippen molar-refractivity contribution in [2.24, 2.45) is 5.92 Å². The lowest BCUT2D eigenvalue weighted by Crippen LogP contribution is -2.48. The average Bonchev–Trinajstić information content (AvgIpc) is 3.44. The lowest BCUT2D eigenvalue weighted by molar-refractivity contribution is 0.260. The predicted octanol–water partition coefficient (Wildman–Crippen LogP) is 4.59. The van der Waals surface area contributed by atoms with E-state index in [2.05, 4.69) is 53.1 Å². The second-order valence-electron chi connectivity index (χ2n) is 7.88. The molecule has 2 aliphatic heterocycles. The molecule has 0 bridgehead atoms. The zero-order valence-corrected chi connectivity index (χ0v) is 15.0. The van der Waals surface area contributed by atoms with Crippen LogP contribution in [0.15, 0.2) is 69.9 Å². The third-order valence-electron chi connectivity index (χ3n) is 6.49. The van der Waals surface area contributed by atoms with Crippen molar-refractivity contribution in [2.75, 3.05) is 13.1 Å². The quantitative estimate of drug-likeness (QED) is 0.550. The summed E-state index contributed by atoms with van der Waals surface area (Å²) in [7, 11) is 0. The van der Waals surface area contributed by atoms with Crippen molar-refractivity contribution < 1.29 is 8.83 Å². The van der Waals surface area contributed by atoms with Crippen molar-refractivity contribution in [1.29, 1.82) is 0 Å². The highest BCUT2D eigenvalue weighted by Gasteiger charge is 2.42. The van der Waals surface area contributed by atoms with Crippen LogP contribution in [0.3, 0.4) is 0 Å². The monoisotopic (exact) mass is 358 g/mol. The molecule has 4 heterocycles. The molecule has 2 aliphatic rings. The van der Waals surface area contributed by atoms with Gasteiger partial charge in [-0.15, -0.1) is 0 Å². The van der Waals surface area contributed by atoms with Gasteiger partial charge in [-0.05, 0) is 35.6 Å². The summed E-state index contributed by atoms with van der Waals surface area (Å²) in [4.78, 5) is 0. The molecule has 2 aromatic carbocycles. The number of furan rings is 2. The molecule has 0 aliphatic carbocycles. The van der Waals surface area contributed by atoms with Crippen molar-refractivity contribution in [3.63, 3.8) is 0 Å². The molecule has 0 spiro atoms. The number of piperidine rings is 1. The van der Waals surface area contributed by atoms with Gasteiger partial charge in [-0.25, -0.2) is 0 Å². The highest BCUT2D eigenvalue weighted by molar-refractivity contribution is 6.05. The second kappa shape index (κ2) is 5.98. The molecule has 2 N–H and O–H groups in total. The maximum absolute atomic E-state index is 6.29. The topological polar surface area (TPSA) is 50.3 Å². The van der Waals surface area contributed by atoms with E-state index in [1.165, 1.54) is 21.9 Å². The van der Waals surface area contributed by atoms with Crippen LogP contribution >= 0.6 is 0 Å². The largest absolute Gasteiger partial charge is 0.472 e. The Hall–Kier alpha value is -2.56. The van der Waals surface area contributed by atoms with Crippen LogP contribution in [0.4, 0.5) is 0 Å². The van der Waals surface area contributed by atoms with Gasteiger partial charge in [0.1, 0.15) is 11.2 Å². The Bertz CT molecular complexity index is 1100. The van der Waals surface area contributed by atoms with Gasteiger partial charge in [0, 0.05) is 35.7 Å². The second-order valence-corrected chi connectivity index (χ2v) is 7.88. The summed E-state index contributed by atoms with van der Waals surface area (Å²) in [5.74, 6) is 1.50. The number of fused-ring (bicyclic) bond motifs is 4. The van der Waals surface area contributed by atoms with Crippen LogP contribution in [0.25, 0.3) is 21.9 Å². The fourth-order valence-electron chi connectivity index (χ4n) is 5.17. The molecule has 6 rings (SSSR count). The molecule has 4 atom stereocenters. The zero-order chi connectivity index (χ0) is 17.8. The van der Waals surface area contributed by atoms with E-state index in [0.29, 0.717) is 23.9 Å². The third-order valence-corrected chi connectivity index (χ3v) is 6.49. The van der Waals surface area contributed by atoms with E-state index in [-0.39, 0.29) is 0 Å². The minimum atomic E-state index is 0.385. The van der Waals surface area contributed by atoms with Crippen LogP contribution in [0, 0.1) is 5.92 Å². The molecule has 2 saturated heterocycles. The number of para-hydroxylation sites is 2. The highest BCUT2D eigenvalue weighted by Crippen LogP contribution is 2.43. The van der Waals surface area contributed by atoms with Gasteiger partial charge in [0.15, 0.2) is 0 Å². The lowest BCUT2D eigenvalue weighted by Gasteiger charge is -2.35. The standard InChI is InChI=1S/C23H22N2O2/c1-2-7-21-17(4-1)18-6-3-5-16(22(18)27-21)15-10-19-20(14-8-9-26-13-14)12-25-23(19)24-11-15/h1-9,13,15,19-20,23-25H,10-12H2. The first kappa shape index (κ1) is 15.5. The van der Waals surface area contributed by atoms with Gasteiger partial charge in [0.25, 0.3) is 0 Å². The number of hydrogen-bond donors (Lipinski definition) is 2. The zero-order valence-electron chi connectivity index (χ0n) is 15.0. The first-order chi connectivity index (χ1) is 13.4. The fraction of sp³-hybridized carbons (Fsp3) is 0.304. The first-order valence-corrected chi connectivity index (χ1v) is 9.77. The van der Waals surface area contributed by atoms with Crippen molar-refractivity contribution >= 4 is 21.9 Å². The van der Waals surface area contributed by atoms with Gasteiger partial charge in [-0.1, -0.05) is 36.4 Å². The molecule has 2 aromatic heterocycles. The van der Waals surface area contributed by atoms with Gasteiger partial charge < -0.3 is 19.5 Å². The normalized spacial score (nSPS) is 28.0. The Morgan fingerprint density at radius 3 is 2.70 bits per heavy atom. The molecule has 2 fully saturated rings. The van der Waals surface area contributed by atoms with E-state index in [0.717, 1.165) is 30.7 Å². The Morgan fingerprint density at radius 2 is 1.78 bits per heavy atom. The summed E-state index contributed by atoms with van der Waals surface area (Å²) in [6, 6.07) is 17.0. The summed E-state index contributed by atoms with van der Waals surface area (Å²) < 4.78 is 11.6. The molecule has 4 aromatic rings. The van der Waals surface area contributed by atoms with Gasteiger partial charge in [-0.2, -0.15) is 0 Å². The smallest absolute Gasteiger partial charge is 0.138 e. The van der Waals surface area contributed by atoms with Crippen molar-refractivity contribution in [3.05, 3.63) is 72.2 Å². The Morgan fingerprint density at radius 1 is 0.889 bits per heavy atom. The molecule has 27 heavy (non-hydrogen) atoms. The number of benzene rings is 2. The summed E-state index contributed by atoms with van der Waals surface area (Å²) in [6.45, 7) is 1.98. The number of rotatable bonds is 2. The number of hydrogen-bond acceptors (Lipinski definition) is 4. The maximum Gasteiger partial charge on any atom is 0.138 e. The first-order valence-electron chi connectivity index (χ1n) is 9.77. The van der Waals surface area contributed by atoms with E-state index in [9.17, 15) is 0 Å². The van der Waals surface area contributed by atoms with Crippen molar-refractivity contribution in [2.45, 2.75) is 24.4 Å². The number of nitrogens with one attached hydrogen (secondary N) is 2. The molecule has 0 amide bonds. The predicted molar refractivity (Wildman–Crippen MR) is 106 cm³/mol. The molecule has 4 nitrogen and oxygen atoms in total. The van der Waals surface area contributed by atoms with Crippen LogP contribution < -0.4 is 10.6 Å². The summed E-state index contributed by atoms with van der Waals surface area (Å²) >= 11 is 0. The summed E-state index contributed by atoms with van der Waals surface area (Å²) in [6.07, 6.45) is 5.22.